The van der Waals surface area contributed by atoms with Crippen molar-refractivity contribution in [2.24, 2.45) is 17.8 Å². The predicted molar refractivity (Wildman–Crippen MR) is 77.5 cm³/mol. The van der Waals surface area contributed by atoms with Gasteiger partial charge in [-0.25, -0.2) is 0 Å². The van der Waals surface area contributed by atoms with E-state index in [1.807, 2.05) is 6.92 Å². The molecule has 2 aliphatic rings. The average molecular weight is 298 g/mol. The molecule has 0 saturated heterocycles. The van der Waals surface area contributed by atoms with Gasteiger partial charge in [0, 0.05) is 12.6 Å². The predicted octanol–water partition coefficient (Wildman–Crippen LogP) is 0.0524. The average Bonchev–Trinajstić information content (AvgIpc) is 3.09. The van der Waals surface area contributed by atoms with Gasteiger partial charge in [0.25, 0.3) is 0 Å². The van der Waals surface area contributed by atoms with E-state index in [-0.39, 0.29) is 25.8 Å². The third-order valence-corrected chi connectivity index (χ3v) is 4.77. The quantitative estimate of drug-likeness (QED) is 0.458. The van der Waals surface area contributed by atoms with Crippen LogP contribution in [0.5, 0.6) is 0 Å². The number of rotatable bonds is 7. The van der Waals surface area contributed by atoms with Crippen molar-refractivity contribution < 1.29 is 19.4 Å². The van der Waals surface area contributed by atoms with Gasteiger partial charge in [-0.3, -0.25) is 9.59 Å². The number of nitrogens with one attached hydrogen (secondary N) is 2. The van der Waals surface area contributed by atoms with Crippen LogP contribution in [0.3, 0.4) is 0 Å². The molecule has 2 saturated carbocycles. The molecule has 0 aliphatic heterocycles. The Bertz CT molecular complexity index is 375. The lowest BCUT2D eigenvalue weighted by molar-refractivity contribution is -0.140. The Balaban J connectivity index is 1.65. The summed E-state index contributed by atoms with van der Waals surface area (Å²) in [5.74, 6) is 0.899. The number of hydrogen-bond donors (Lipinski definition) is 3. The minimum Gasteiger partial charge on any atom is -0.394 e. The summed E-state index contributed by atoms with van der Waals surface area (Å²) in [6.45, 7) is 2.76. The molecule has 2 rings (SSSR count). The summed E-state index contributed by atoms with van der Waals surface area (Å²) in [4.78, 5) is 23.5. The van der Waals surface area contributed by atoms with Crippen molar-refractivity contribution >= 4 is 11.8 Å². The van der Waals surface area contributed by atoms with Crippen LogP contribution < -0.4 is 10.6 Å². The number of fused-ring (bicyclic) bond motifs is 2. The van der Waals surface area contributed by atoms with Crippen LogP contribution in [0.15, 0.2) is 0 Å². The molecule has 0 aromatic heterocycles. The van der Waals surface area contributed by atoms with Crippen molar-refractivity contribution in [2.45, 2.75) is 38.6 Å². The van der Waals surface area contributed by atoms with Crippen LogP contribution in [0.1, 0.15) is 32.6 Å². The topological polar surface area (TPSA) is 87.7 Å². The first-order chi connectivity index (χ1) is 10.1. The molecule has 2 amide bonds. The smallest absolute Gasteiger partial charge is 0.309 e. The molecule has 0 spiro atoms. The molecule has 6 nitrogen and oxygen atoms in total. The lowest BCUT2D eigenvalue weighted by Gasteiger charge is -2.28. The van der Waals surface area contributed by atoms with E-state index in [4.69, 9.17) is 9.84 Å². The molecular weight excluding hydrogens is 272 g/mol. The van der Waals surface area contributed by atoms with Gasteiger partial charge in [0.1, 0.15) is 0 Å². The van der Waals surface area contributed by atoms with E-state index in [0.29, 0.717) is 12.5 Å². The summed E-state index contributed by atoms with van der Waals surface area (Å²) < 4.78 is 5.01. The maximum Gasteiger partial charge on any atom is 0.309 e. The summed E-state index contributed by atoms with van der Waals surface area (Å²) in [7, 11) is 0. The zero-order valence-corrected chi connectivity index (χ0v) is 12.6. The van der Waals surface area contributed by atoms with Gasteiger partial charge in [-0.05, 0) is 43.9 Å². The molecular formula is C15H26N2O4. The Labute approximate surface area is 125 Å². The highest BCUT2D eigenvalue weighted by Gasteiger charge is 2.42. The first-order valence-electron chi connectivity index (χ1n) is 7.89. The van der Waals surface area contributed by atoms with Crippen molar-refractivity contribution in [3.63, 3.8) is 0 Å². The molecule has 2 aliphatic carbocycles. The van der Waals surface area contributed by atoms with Crippen molar-refractivity contribution in [3.8, 4) is 0 Å². The van der Waals surface area contributed by atoms with E-state index in [0.717, 1.165) is 11.8 Å². The Morgan fingerprint density at radius 3 is 2.67 bits per heavy atom. The standard InChI is InChI=1S/C15H26N2O4/c1-10(13-9-11-2-3-12(13)8-11)17-15(20)14(19)16-4-6-21-7-5-18/h10-13,18H,2-9H2,1H3,(H,16,19)(H,17,20). The fourth-order valence-electron chi connectivity index (χ4n) is 3.77. The summed E-state index contributed by atoms with van der Waals surface area (Å²) in [5, 5.41) is 13.9. The number of ether oxygens (including phenoxy) is 1. The zero-order chi connectivity index (χ0) is 15.2. The SMILES string of the molecule is CC(NC(=O)C(=O)NCCOCCO)C1CC2CCC1C2. The van der Waals surface area contributed by atoms with Crippen LogP contribution in [-0.2, 0) is 14.3 Å². The number of carbonyl (C=O) groups is 2. The second-order valence-corrected chi connectivity index (χ2v) is 6.19. The Morgan fingerprint density at radius 2 is 2.05 bits per heavy atom. The molecule has 21 heavy (non-hydrogen) atoms. The fourth-order valence-corrected chi connectivity index (χ4v) is 3.77. The van der Waals surface area contributed by atoms with Crippen LogP contribution in [0, 0.1) is 17.8 Å². The van der Waals surface area contributed by atoms with E-state index in [1.54, 1.807) is 0 Å². The van der Waals surface area contributed by atoms with E-state index in [1.165, 1.54) is 25.7 Å². The number of amides is 2. The molecule has 2 bridgehead atoms. The molecule has 3 N–H and O–H groups in total. The van der Waals surface area contributed by atoms with Crippen LogP contribution >= 0.6 is 0 Å². The first-order valence-corrected chi connectivity index (χ1v) is 7.89. The lowest BCUT2D eigenvalue weighted by Crippen LogP contribution is -2.47. The maximum atomic E-state index is 11.8. The van der Waals surface area contributed by atoms with Crippen molar-refractivity contribution in [1.29, 1.82) is 0 Å². The van der Waals surface area contributed by atoms with Gasteiger partial charge in [0.2, 0.25) is 0 Å². The molecule has 0 aromatic carbocycles. The summed E-state index contributed by atoms with van der Waals surface area (Å²) >= 11 is 0. The van der Waals surface area contributed by atoms with Gasteiger partial charge >= 0.3 is 11.8 Å². The minimum atomic E-state index is -0.613. The van der Waals surface area contributed by atoms with E-state index in [2.05, 4.69) is 10.6 Å². The van der Waals surface area contributed by atoms with Crippen LogP contribution in [0.2, 0.25) is 0 Å². The van der Waals surface area contributed by atoms with Gasteiger partial charge in [0.15, 0.2) is 0 Å². The largest absolute Gasteiger partial charge is 0.394 e. The molecule has 4 atom stereocenters. The Morgan fingerprint density at radius 1 is 1.24 bits per heavy atom. The number of aliphatic hydroxyl groups excluding tert-OH is 1. The van der Waals surface area contributed by atoms with E-state index in [9.17, 15) is 9.59 Å². The highest BCUT2D eigenvalue weighted by Crippen LogP contribution is 2.49. The second kappa shape index (κ2) is 7.75. The molecule has 0 heterocycles. The first kappa shape index (κ1) is 16.2. The van der Waals surface area contributed by atoms with Crippen molar-refractivity contribution in [2.75, 3.05) is 26.4 Å². The van der Waals surface area contributed by atoms with Crippen molar-refractivity contribution in [1.82, 2.24) is 10.6 Å². The Kier molecular flexibility index (Phi) is 5.99. The summed E-state index contributed by atoms with van der Waals surface area (Å²) in [6, 6.07) is 0.0594. The van der Waals surface area contributed by atoms with Crippen LogP contribution in [-0.4, -0.2) is 49.3 Å². The molecule has 2 fully saturated rings. The van der Waals surface area contributed by atoms with E-state index >= 15 is 0 Å². The van der Waals surface area contributed by atoms with Crippen LogP contribution in [0.25, 0.3) is 0 Å². The fraction of sp³-hybridized carbons (Fsp3) is 0.867. The summed E-state index contributed by atoms with van der Waals surface area (Å²) in [5.41, 5.74) is 0. The summed E-state index contributed by atoms with van der Waals surface area (Å²) in [6.07, 6.45) is 5.07. The number of carbonyl (C=O) groups excluding carboxylic acids is 2. The van der Waals surface area contributed by atoms with Gasteiger partial charge in [-0.2, -0.15) is 0 Å². The number of hydrogen-bond acceptors (Lipinski definition) is 4. The zero-order valence-electron chi connectivity index (χ0n) is 12.6. The second-order valence-electron chi connectivity index (χ2n) is 6.19. The highest BCUT2D eigenvalue weighted by molar-refractivity contribution is 6.35. The normalized spacial score (nSPS) is 28.4. The molecule has 120 valence electrons. The molecule has 0 aromatic rings. The minimum absolute atomic E-state index is 0.0461. The Hall–Kier alpha value is -1.14. The van der Waals surface area contributed by atoms with Gasteiger partial charge in [-0.15, -0.1) is 0 Å². The highest BCUT2D eigenvalue weighted by atomic mass is 16.5. The maximum absolute atomic E-state index is 11.8. The van der Waals surface area contributed by atoms with E-state index < -0.39 is 11.8 Å². The molecule has 4 unspecified atom stereocenters. The third-order valence-electron chi connectivity index (χ3n) is 4.77. The molecule has 6 heteroatoms. The van der Waals surface area contributed by atoms with Gasteiger partial charge in [0.05, 0.1) is 19.8 Å². The molecule has 0 radical (unpaired) electrons. The van der Waals surface area contributed by atoms with Crippen molar-refractivity contribution in [3.05, 3.63) is 0 Å². The van der Waals surface area contributed by atoms with Gasteiger partial charge < -0.3 is 20.5 Å². The van der Waals surface area contributed by atoms with Crippen LogP contribution in [0.4, 0.5) is 0 Å². The third kappa shape index (κ3) is 4.41. The number of aliphatic hydroxyl groups is 1. The lowest BCUT2D eigenvalue weighted by atomic mass is 9.84. The van der Waals surface area contributed by atoms with Gasteiger partial charge in [-0.1, -0.05) is 6.42 Å². The monoisotopic (exact) mass is 298 g/mol.